The van der Waals surface area contributed by atoms with Crippen molar-refractivity contribution < 1.29 is 8.42 Å². The lowest BCUT2D eigenvalue weighted by atomic mass is 10.2. The van der Waals surface area contributed by atoms with Gasteiger partial charge in [-0.05, 0) is 55.3 Å². The van der Waals surface area contributed by atoms with Crippen LogP contribution in [0.3, 0.4) is 0 Å². The fourth-order valence-electron chi connectivity index (χ4n) is 4.58. The van der Waals surface area contributed by atoms with E-state index in [2.05, 4.69) is 24.1 Å². The molecule has 0 bridgehead atoms. The Kier molecular flexibility index (Phi) is 7.00. The molecule has 1 aromatic heterocycles. The van der Waals surface area contributed by atoms with Crippen molar-refractivity contribution >= 4 is 32.4 Å². The molecule has 36 heavy (non-hydrogen) atoms. The maximum Gasteiger partial charge on any atom is 0.243 e. The van der Waals surface area contributed by atoms with Crippen LogP contribution in [0.2, 0.25) is 0 Å². The predicted molar refractivity (Wildman–Crippen MR) is 144 cm³/mol. The Labute approximate surface area is 212 Å². The molecule has 1 saturated heterocycles. The topological polar surface area (TPSA) is 78.4 Å². The highest BCUT2D eigenvalue weighted by Gasteiger charge is 2.31. The molecular formula is C28H31N5O2S. The van der Waals surface area contributed by atoms with Gasteiger partial charge in [0.1, 0.15) is 11.6 Å². The molecule has 1 aliphatic heterocycles. The number of nitrogens with one attached hydrogen (secondary N) is 1. The van der Waals surface area contributed by atoms with E-state index in [1.165, 1.54) is 0 Å². The van der Waals surface area contributed by atoms with Gasteiger partial charge >= 0.3 is 0 Å². The number of nitrogens with zero attached hydrogens (tertiary/aromatic N) is 4. The van der Waals surface area contributed by atoms with Gasteiger partial charge in [-0.2, -0.15) is 4.31 Å². The Morgan fingerprint density at radius 1 is 0.861 bits per heavy atom. The molecule has 0 spiro atoms. The van der Waals surface area contributed by atoms with Gasteiger partial charge in [0.05, 0.1) is 16.5 Å². The molecule has 7 nitrogen and oxygen atoms in total. The molecule has 5 rings (SSSR count). The van der Waals surface area contributed by atoms with Crippen LogP contribution in [-0.4, -0.2) is 53.8 Å². The van der Waals surface area contributed by atoms with Crippen molar-refractivity contribution in [1.29, 1.82) is 0 Å². The molecule has 8 heteroatoms. The van der Waals surface area contributed by atoms with Crippen LogP contribution in [0.25, 0.3) is 10.9 Å². The van der Waals surface area contributed by atoms with Crippen LogP contribution in [0.15, 0.2) is 83.8 Å². The zero-order chi connectivity index (χ0) is 25.1. The normalized spacial score (nSPS) is 16.2. The Balaban J connectivity index is 1.34. The summed E-state index contributed by atoms with van der Waals surface area (Å²) in [4.78, 5) is 12.4. The number of aryl methyl sites for hydroxylation is 1. The zero-order valence-electron chi connectivity index (χ0n) is 20.6. The van der Waals surface area contributed by atoms with Gasteiger partial charge in [0.2, 0.25) is 10.0 Å². The fourth-order valence-corrected chi connectivity index (χ4v) is 6.00. The van der Waals surface area contributed by atoms with Crippen LogP contribution in [-0.2, 0) is 16.4 Å². The minimum absolute atomic E-state index is 0.0559. The van der Waals surface area contributed by atoms with E-state index < -0.39 is 10.0 Å². The maximum atomic E-state index is 13.2. The van der Waals surface area contributed by atoms with E-state index in [4.69, 9.17) is 9.97 Å². The maximum absolute atomic E-state index is 13.2. The van der Waals surface area contributed by atoms with E-state index in [0.717, 1.165) is 40.2 Å². The molecule has 0 saturated carbocycles. The van der Waals surface area contributed by atoms with E-state index in [-0.39, 0.29) is 6.04 Å². The predicted octanol–water partition coefficient (Wildman–Crippen LogP) is 5.00. The van der Waals surface area contributed by atoms with Crippen LogP contribution < -0.4 is 5.32 Å². The van der Waals surface area contributed by atoms with Crippen LogP contribution in [0, 0.1) is 0 Å². The molecule has 1 N–H and O–H groups in total. The van der Waals surface area contributed by atoms with Gasteiger partial charge in [0.25, 0.3) is 0 Å². The Bertz CT molecular complexity index is 1430. The van der Waals surface area contributed by atoms with Crippen LogP contribution in [0.4, 0.5) is 11.5 Å². The number of para-hydroxylation sites is 2. The first-order valence-corrected chi connectivity index (χ1v) is 13.8. The summed E-state index contributed by atoms with van der Waals surface area (Å²) in [5.74, 6) is 1.49. The van der Waals surface area contributed by atoms with Gasteiger partial charge in [-0.3, -0.25) is 4.90 Å². The molecule has 2 heterocycles. The summed E-state index contributed by atoms with van der Waals surface area (Å²) in [5, 5.41) is 4.40. The number of fused-ring (bicyclic) bond motifs is 1. The summed E-state index contributed by atoms with van der Waals surface area (Å²) in [6.45, 7) is 6.25. The molecular weight excluding hydrogens is 470 g/mol. The lowest BCUT2D eigenvalue weighted by Crippen LogP contribution is -2.49. The molecule has 1 fully saturated rings. The van der Waals surface area contributed by atoms with Crippen molar-refractivity contribution in [1.82, 2.24) is 19.2 Å². The van der Waals surface area contributed by atoms with E-state index in [0.29, 0.717) is 31.1 Å². The van der Waals surface area contributed by atoms with Crippen molar-refractivity contribution in [3.05, 3.63) is 90.3 Å². The second-order valence-electron chi connectivity index (χ2n) is 9.05. The Morgan fingerprint density at radius 3 is 2.22 bits per heavy atom. The summed E-state index contributed by atoms with van der Waals surface area (Å²) < 4.78 is 27.9. The van der Waals surface area contributed by atoms with Crippen molar-refractivity contribution in [3.8, 4) is 0 Å². The van der Waals surface area contributed by atoms with E-state index >= 15 is 0 Å². The monoisotopic (exact) mass is 501 g/mol. The third kappa shape index (κ3) is 4.97. The number of benzene rings is 3. The molecule has 0 amide bonds. The third-order valence-corrected chi connectivity index (χ3v) is 8.73. The standard InChI is InChI=1S/C28H31N5O2S/c1-3-22-13-15-24(16-14-22)36(34,35)33-19-17-32(18-20-33)21(2)27-30-26-12-8-7-11-25(26)28(31-27)29-23-9-5-4-6-10-23/h4-16,21H,3,17-20H2,1-2H3,(H,29,30,31)/t21-/m0/s1. The lowest BCUT2D eigenvalue weighted by Gasteiger charge is -2.36. The number of hydrogen-bond acceptors (Lipinski definition) is 6. The van der Waals surface area contributed by atoms with Crippen LogP contribution in [0.1, 0.15) is 31.3 Å². The fraction of sp³-hybridized carbons (Fsp3) is 0.286. The molecule has 0 aliphatic carbocycles. The van der Waals surface area contributed by atoms with Gasteiger partial charge in [0, 0.05) is 37.3 Å². The van der Waals surface area contributed by atoms with Gasteiger partial charge in [-0.15, -0.1) is 0 Å². The lowest BCUT2D eigenvalue weighted by molar-refractivity contribution is 0.141. The van der Waals surface area contributed by atoms with E-state index in [1.807, 2.05) is 66.7 Å². The molecule has 1 atom stereocenters. The van der Waals surface area contributed by atoms with Crippen molar-refractivity contribution in [2.75, 3.05) is 31.5 Å². The quantitative estimate of drug-likeness (QED) is 0.384. The average molecular weight is 502 g/mol. The van der Waals surface area contributed by atoms with Gasteiger partial charge in [-0.1, -0.05) is 49.4 Å². The molecule has 0 radical (unpaired) electrons. The highest BCUT2D eigenvalue weighted by atomic mass is 32.2. The number of anilines is 2. The van der Waals surface area contributed by atoms with Gasteiger partial charge < -0.3 is 5.32 Å². The Morgan fingerprint density at radius 2 is 1.53 bits per heavy atom. The summed E-state index contributed by atoms with van der Waals surface area (Å²) >= 11 is 0. The number of sulfonamides is 1. The van der Waals surface area contributed by atoms with E-state index in [1.54, 1.807) is 16.4 Å². The van der Waals surface area contributed by atoms with Crippen LogP contribution >= 0.6 is 0 Å². The van der Waals surface area contributed by atoms with E-state index in [9.17, 15) is 8.42 Å². The largest absolute Gasteiger partial charge is 0.340 e. The first-order chi connectivity index (χ1) is 17.5. The summed E-state index contributed by atoms with van der Waals surface area (Å²) in [6.07, 6.45) is 0.885. The number of rotatable bonds is 7. The Hall–Kier alpha value is -3.33. The molecule has 1 aliphatic rings. The highest BCUT2D eigenvalue weighted by Crippen LogP contribution is 2.28. The van der Waals surface area contributed by atoms with Gasteiger partial charge in [-0.25, -0.2) is 18.4 Å². The van der Waals surface area contributed by atoms with Crippen molar-refractivity contribution in [3.63, 3.8) is 0 Å². The summed E-state index contributed by atoms with van der Waals surface area (Å²) in [7, 11) is -3.51. The molecule has 186 valence electrons. The molecule has 3 aromatic carbocycles. The minimum Gasteiger partial charge on any atom is -0.340 e. The second-order valence-corrected chi connectivity index (χ2v) is 11.0. The summed E-state index contributed by atoms with van der Waals surface area (Å²) in [5.41, 5.74) is 2.97. The molecule has 0 unspecified atom stereocenters. The SMILES string of the molecule is CCc1ccc(S(=O)(=O)N2CCN([C@@H](C)c3nc(Nc4ccccc4)c4ccccc4n3)CC2)cc1. The second kappa shape index (κ2) is 10.3. The zero-order valence-corrected chi connectivity index (χ0v) is 21.4. The first-order valence-electron chi connectivity index (χ1n) is 12.4. The average Bonchev–Trinajstić information content (AvgIpc) is 2.93. The van der Waals surface area contributed by atoms with Crippen molar-refractivity contribution in [2.24, 2.45) is 0 Å². The number of hydrogen-bond donors (Lipinski definition) is 1. The minimum atomic E-state index is -3.51. The third-order valence-electron chi connectivity index (χ3n) is 6.82. The highest BCUT2D eigenvalue weighted by molar-refractivity contribution is 7.89. The van der Waals surface area contributed by atoms with Crippen LogP contribution in [0.5, 0.6) is 0 Å². The number of aromatic nitrogens is 2. The first kappa shape index (κ1) is 24.4. The smallest absolute Gasteiger partial charge is 0.243 e. The summed E-state index contributed by atoms with van der Waals surface area (Å²) in [6, 6.07) is 25.1. The number of piperazine rings is 1. The van der Waals surface area contributed by atoms with Gasteiger partial charge in [0.15, 0.2) is 0 Å². The van der Waals surface area contributed by atoms with Crippen molar-refractivity contribution in [2.45, 2.75) is 31.2 Å². The molecule has 4 aromatic rings.